The van der Waals surface area contributed by atoms with Gasteiger partial charge in [0.05, 0.1) is 6.61 Å². The van der Waals surface area contributed by atoms with E-state index in [0.717, 1.165) is 22.6 Å². The first-order chi connectivity index (χ1) is 8.29. The van der Waals surface area contributed by atoms with Gasteiger partial charge in [-0.25, -0.2) is 0 Å². The van der Waals surface area contributed by atoms with Crippen molar-refractivity contribution in [3.05, 3.63) is 54.1 Å². The van der Waals surface area contributed by atoms with E-state index < -0.39 is 0 Å². The van der Waals surface area contributed by atoms with Gasteiger partial charge in [0.25, 0.3) is 0 Å². The Morgan fingerprint density at radius 1 is 1.06 bits per heavy atom. The van der Waals surface area contributed by atoms with Crippen molar-refractivity contribution in [3.8, 4) is 0 Å². The third-order valence-electron chi connectivity index (χ3n) is 2.51. The maximum absolute atomic E-state index is 5.65. The van der Waals surface area contributed by atoms with Crippen LogP contribution in [0.1, 0.15) is 5.56 Å². The first-order valence-electron chi connectivity index (χ1n) is 5.49. The SMILES string of the molecule is COCc1ccccc1Nc1ccc(N)cc1. The summed E-state index contributed by atoms with van der Waals surface area (Å²) >= 11 is 0. The maximum atomic E-state index is 5.65. The van der Waals surface area contributed by atoms with E-state index >= 15 is 0 Å². The molecule has 0 aliphatic heterocycles. The Morgan fingerprint density at radius 3 is 2.47 bits per heavy atom. The van der Waals surface area contributed by atoms with E-state index in [9.17, 15) is 0 Å². The third kappa shape index (κ3) is 2.98. The molecule has 0 amide bonds. The van der Waals surface area contributed by atoms with Crippen LogP contribution in [-0.2, 0) is 11.3 Å². The normalized spacial score (nSPS) is 10.2. The van der Waals surface area contributed by atoms with Crippen LogP contribution in [0.2, 0.25) is 0 Å². The van der Waals surface area contributed by atoms with Crippen molar-refractivity contribution >= 4 is 17.1 Å². The van der Waals surface area contributed by atoms with Crippen molar-refractivity contribution in [2.45, 2.75) is 6.61 Å². The van der Waals surface area contributed by atoms with Crippen molar-refractivity contribution in [2.75, 3.05) is 18.2 Å². The van der Waals surface area contributed by atoms with E-state index in [-0.39, 0.29) is 0 Å². The molecule has 3 N–H and O–H groups in total. The number of nitrogens with two attached hydrogens (primary N) is 1. The lowest BCUT2D eigenvalue weighted by Gasteiger charge is -2.11. The van der Waals surface area contributed by atoms with Gasteiger partial charge in [0, 0.05) is 29.7 Å². The summed E-state index contributed by atoms with van der Waals surface area (Å²) in [6.07, 6.45) is 0. The topological polar surface area (TPSA) is 47.3 Å². The van der Waals surface area contributed by atoms with Crippen LogP contribution in [0.4, 0.5) is 17.1 Å². The predicted octanol–water partition coefficient (Wildman–Crippen LogP) is 3.16. The molecule has 2 aromatic rings. The molecule has 0 bridgehead atoms. The molecule has 0 unspecified atom stereocenters. The second kappa shape index (κ2) is 5.37. The van der Waals surface area contributed by atoms with Gasteiger partial charge in [-0.1, -0.05) is 18.2 Å². The predicted molar refractivity (Wildman–Crippen MR) is 71.3 cm³/mol. The molecule has 0 radical (unpaired) electrons. The summed E-state index contributed by atoms with van der Waals surface area (Å²) in [6, 6.07) is 15.7. The van der Waals surface area contributed by atoms with Crippen molar-refractivity contribution in [3.63, 3.8) is 0 Å². The zero-order valence-electron chi connectivity index (χ0n) is 9.81. The number of para-hydroxylation sites is 1. The number of rotatable bonds is 4. The summed E-state index contributed by atoms with van der Waals surface area (Å²) in [5.41, 5.74) is 9.62. The fourth-order valence-corrected chi connectivity index (χ4v) is 1.65. The van der Waals surface area contributed by atoms with Gasteiger partial charge in [-0.2, -0.15) is 0 Å². The average molecular weight is 228 g/mol. The van der Waals surface area contributed by atoms with Crippen molar-refractivity contribution < 1.29 is 4.74 Å². The van der Waals surface area contributed by atoms with Crippen molar-refractivity contribution in [1.29, 1.82) is 0 Å². The Bertz CT molecular complexity index is 480. The molecule has 0 atom stereocenters. The van der Waals surface area contributed by atoms with Gasteiger partial charge in [0.1, 0.15) is 0 Å². The summed E-state index contributed by atoms with van der Waals surface area (Å²) in [5, 5.41) is 3.35. The van der Waals surface area contributed by atoms with Crippen LogP contribution < -0.4 is 11.1 Å². The fourth-order valence-electron chi connectivity index (χ4n) is 1.65. The molecule has 0 aromatic heterocycles. The highest BCUT2D eigenvalue weighted by Gasteiger charge is 2.01. The van der Waals surface area contributed by atoms with Gasteiger partial charge in [-0.3, -0.25) is 0 Å². The second-order valence-corrected chi connectivity index (χ2v) is 3.84. The lowest BCUT2D eigenvalue weighted by Crippen LogP contribution is -1.97. The standard InChI is InChI=1S/C14H16N2O/c1-17-10-11-4-2-3-5-14(11)16-13-8-6-12(15)7-9-13/h2-9,16H,10,15H2,1H3. The van der Waals surface area contributed by atoms with Crippen LogP contribution in [0.3, 0.4) is 0 Å². The Hall–Kier alpha value is -2.00. The molecule has 0 aliphatic carbocycles. The molecule has 2 aromatic carbocycles. The molecular formula is C14H16N2O. The highest BCUT2D eigenvalue weighted by atomic mass is 16.5. The molecular weight excluding hydrogens is 212 g/mol. The molecule has 17 heavy (non-hydrogen) atoms. The first-order valence-corrected chi connectivity index (χ1v) is 5.49. The van der Waals surface area contributed by atoms with E-state index in [1.807, 2.05) is 48.5 Å². The molecule has 0 fully saturated rings. The number of nitrogens with one attached hydrogen (secondary N) is 1. The smallest absolute Gasteiger partial charge is 0.0733 e. The van der Waals surface area contributed by atoms with Crippen LogP contribution in [0.25, 0.3) is 0 Å². The van der Waals surface area contributed by atoms with Crippen LogP contribution in [-0.4, -0.2) is 7.11 Å². The van der Waals surface area contributed by atoms with E-state index in [1.54, 1.807) is 7.11 Å². The van der Waals surface area contributed by atoms with E-state index in [1.165, 1.54) is 0 Å². The largest absolute Gasteiger partial charge is 0.399 e. The minimum absolute atomic E-state index is 0.595. The number of ether oxygens (including phenoxy) is 1. The maximum Gasteiger partial charge on any atom is 0.0733 e. The molecule has 2 rings (SSSR count). The Balaban J connectivity index is 2.20. The van der Waals surface area contributed by atoms with Crippen molar-refractivity contribution in [2.24, 2.45) is 0 Å². The lowest BCUT2D eigenvalue weighted by molar-refractivity contribution is 0.185. The van der Waals surface area contributed by atoms with E-state index in [0.29, 0.717) is 6.61 Å². The summed E-state index contributed by atoms with van der Waals surface area (Å²) in [4.78, 5) is 0. The highest BCUT2D eigenvalue weighted by molar-refractivity contribution is 5.64. The number of methoxy groups -OCH3 is 1. The molecule has 0 saturated heterocycles. The summed E-state index contributed by atoms with van der Waals surface area (Å²) in [7, 11) is 1.69. The average Bonchev–Trinajstić information content (AvgIpc) is 2.35. The Labute approximate surface area is 101 Å². The van der Waals surface area contributed by atoms with Crippen LogP contribution >= 0.6 is 0 Å². The van der Waals surface area contributed by atoms with Gasteiger partial charge >= 0.3 is 0 Å². The van der Waals surface area contributed by atoms with E-state index in [2.05, 4.69) is 5.32 Å². The fraction of sp³-hybridized carbons (Fsp3) is 0.143. The zero-order valence-corrected chi connectivity index (χ0v) is 9.81. The highest BCUT2D eigenvalue weighted by Crippen LogP contribution is 2.21. The first kappa shape index (κ1) is 11.5. The van der Waals surface area contributed by atoms with Gasteiger partial charge in [0.2, 0.25) is 0 Å². The number of nitrogen functional groups attached to an aromatic ring is 1. The quantitative estimate of drug-likeness (QED) is 0.790. The summed E-state index contributed by atoms with van der Waals surface area (Å²) in [6.45, 7) is 0.595. The van der Waals surface area contributed by atoms with E-state index in [4.69, 9.17) is 10.5 Å². The molecule has 3 nitrogen and oxygen atoms in total. The van der Waals surface area contributed by atoms with Crippen molar-refractivity contribution in [1.82, 2.24) is 0 Å². The molecule has 88 valence electrons. The number of hydrogen-bond acceptors (Lipinski definition) is 3. The molecule has 3 heteroatoms. The number of benzene rings is 2. The van der Waals surface area contributed by atoms with Crippen LogP contribution in [0, 0.1) is 0 Å². The van der Waals surface area contributed by atoms with Gasteiger partial charge in [-0.15, -0.1) is 0 Å². The summed E-state index contributed by atoms with van der Waals surface area (Å²) in [5.74, 6) is 0. The summed E-state index contributed by atoms with van der Waals surface area (Å²) < 4.78 is 5.17. The molecule has 0 spiro atoms. The van der Waals surface area contributed by atoms with Crippen LogP contribution in [0.15, 0.2) is 48.5 Å². The molecule has 0 aliphatic rings. The van der Waals surface area contributed by atoms with Gasteiger partial charge < -0.3 is 15.8 Å². The number of hydrogen-bond donors (Lipinski definition) is 2. The zero-order chi connectivity index (χ0) is 12.1. The minimum atomic E-state index is 0.595. The van der Waals surface area contributed by atoms with Gasteiger partial charge in [-0.05, 0) is 30.3 Å². The third-order valence-corrected chi connectivity index (χ3v) is 2.51. The Morgan fingerprint density at radius 2 is 1.76 bits per heavy atom. The molecule has 0 heterocycles. The lowest BCUT2D eigenvalue weighted by atomic mass is 10.2. The minimum Gasteiger partial charge on any atom is -0.399 e. The number of anilines is 3. The van der Waals surface area contributed by atoms with Gasteiger partial charge in [0.15, 0.2) is 0 Å². The molecule has 0 saturated carbocycles. The monoisotopic (exact) mass is 228 g/mol. The second-order valence-electron chi connectivity index (χ2n) is 3.84. The van der Waals surface area contributed by atoms with Crippen LogP contribution in [0.5, 0.6) is 0 Å². The Kier molecular flexibility index (Phi) is 3.62.